The van der Waals surface area contributed by atoms with Gasteiger partial charge < -0.3 is 4.98 Å². The van der Waals surface area contributed by atoms with Crippen molar-refractivity contribution in [2.45, 2.75) is 6.92 Å². The smallest absolute Gasteiger partial charge is 0.150 e. The van der Waals surface area contributed by atoms with E-state index in [0.717, 1.165) is 22.8 Å². The molecule has 2 nitrogen and oxygen atoms in total. The molecule has 1 heterocycles. The van der Waals surface area contributed by atoms with Gasteiger partial charge in [-0.15, -0.1) is 0 Å². The SMILES string of the molecule is Cc1ccc(C=O)c2cc[nH]c12. The van der Waals surface area contributed by atoms with E-state index in [2.05, 4.69) is 4.98 Å². The predicted molar refractivity (Wildman–Crippen MR) is 48.4 cm³/mol. The maximum absolute atomic E-state index is 10.6. The zero-order chi connectivity index (χ0) is 8.55. The number of aromatic nitrogens is 1. The summed E-state index contributed by atoms with van der Waals surface area (Å²) in [5, 5.41) is 1.00. The van der Waals surface area contributed by atoms with Gasteiger partial charge in [-0.2, -0.15) is 0 Å². The molecule has 1 N–H and O–H groups in total. The van der Waals surface area contributed by atoms with Crippen molar-refractivity contribution in [1.29, 1.82) is 0 Å². The Morgan fingerprint density at radius 1 is 1.33 bits per heavy atom. The first-order valence-corrected chi connectivity index (χ1v) is 3.85. The van der Waals surface area contributed by atoms with Crippen LogP contribution in [0, 0.1) is 6.92 Å². The van der Waals surface area contributed by atoms with Crippen molar-refractivity contribution in [3.63, 3.8) is 0 Å². The van der Waals surface area contributed by atoms with Gasteiger partial charge in [0.1, 0.15) is 0 Å². The normalized spacial score (nSPS) is 10.4. The monoisotopic (exact) mass is 159 g/mol. The van der Waals surface area contributed by atoms with E-state index >= 15 is 0 Å². The van der Waals surface area contributed by atoms with Gasteiger partial charge in [-0.25, -0.2) is 0 Å². The highest BCUT2D eigenvalue weighted by Crippen LogP contribution is 2.19. The van der Waals surface area contributed by atoms with Gasteiger partial charge in [0.05, 0.1) is 0 Å². The van der Waals surface area contributed by atoms with Gasteiger partial charge in [0.15, 0.2) is 6.29 Å². The van der Waals surface area contributed by atoms with Crippen LogP contribution in [-0.4, -0.2) is 11.3 Å². The van der Waals surface area contributed by atoms with E-state index in [4.69, 9.17) is 0 Å². The molecule has 0 bridgehead atoms. The lowest BCUT2D eigenvalue weighted by Crippen LogP contribution is -1.83. The molecule has 0 amide bonds. The first kappa shape index (κ1) is 7.10. The Bertz CT molecular complexity index is 428. The quantitative estimate of drug-likeness (QED) is 0.636. The minimum Gasteiger partial charge on any atom is -0.361 e. The lowest BCUT2D eigenvalue weighted by molar-refractivity contribution is 0.112. The number of nitrogens with one attached hydrogen (secondary N) is 1. The van der Waals surface area contributed by atoms with Crippen LogP contribution in [0.15, 0.2) is 24.4 Å². The number of hydrogen-bond acceptors (Lipinski definition) is 1. The third-order valence-electron chi connectivity index (χ3n) is 2.09. The maximum atomic E-state index is 10.6. The van der Waals surface area contributed by atoms with E-state index in [1.54, 1.807) is 0 Å². The second-order valence-electron chi connectivity index (χ2n) is 2.86. The van der Waals surface area contributed by atoms with E-state index < -0.39 is 0 Å². The summed E-state index contributed by atoms with van der Waals surface area (Å²) in [4.78, 5) is 13.7. The van der Waals surface area contributed by atoms with Crippen molar-refractivity contribution in [3.8, 4) is 0 Å². The highest BCUT2D eigenvalue weighted by molar-refractivity contribution is 5.98. The summed E-state index contributed by atoms with van der Waals surface area (Å²) in [6.07, 6.45) is 2.74. The zero-order valence-corrected chi connectivity index (χ0v) is 6.79. The Morgan fingerprint density at radius 3 is 2.92 bits per heavy atom. The predicted octanol–water partition coefficient (Wildman–Crippen LogP) is 2.29. The molecule has 60 valence electrons. The van der Waals surface area contributed by atoms with Gasteiger partial charge >= 0.3 is 0 Å². The molecule has 0 aliphatic rings. The van der Waals surface area contributed by atoms with Crippen LogP contribution in [-0.2, 0) is 0 Å². The van der Waals surface area contributed by atoms with E-state index in [-0.39, 0.29) is 0 Å². The summed E-state index contributed by atoms with van der Waals surface area (Å²) in [5.74, 6) is 0. The number of benzene rings is 1. The molecule has 0 aliphatic carbocycles. The highest BCUT2D eigenvalue weighted by atomic mass is 16.1. The largest absolute Gasteiger partial charge is 0.361 e. The Balaban J connectivity index is 2.91. The molecule has 0 aliphatic heterocycles. The summed E-state index contributed by atoms with van der Waals surface area (Å²) in [7, 11) is 0. The highest BCUT2D eigenvalue weighted by Gasteiger charge is 2.02. The molecule has 2 aromatic rings. The van der Waals surface area contributed by atoms with Gasteiger partial charge in [0.25, 0.3) is 0 Å². The third kappa shape index (κ3) is 0.848. The third-order valence-corrected chi connectivity index (χ3v) is 2.09. The number of aromatic amines is 1. The summed E-state index contributed by atoms with van der Waals surface area (Å²) < 4.78 is 0. The van der Waals surface area contributed by atoms with Crippen LogP contribution in [0.1, 0.15) is 15.9 Å². The fourth-order valence-corrected chi connectivity index (χ4v) is 1.43. The Labute approximate surface area is 70.2 Å². The molecule has 0 radical (unpaired) electrons. The minimum absolute atomic E-state index is 0.747. The number of H-pyrrole nitrogens is 1. The molecular formula is C10H9NO. The summed E-state index contributed by atoms with van der Waals surface area (Å²) in [6.45, 7) is 2.02. The number of aryl methyl sites for hydroxylation is 1. The number of fused-ring (bicyclic) bond motifs is 1. The van der Waals surface area contributed by atoms with E-state index in [9.17, 15) is 4.79 Å². The second-order valence-corrected chi connectivity index (χ2v) is 2.86. The minimum atomic E-state index is 0.747. The van der Waals surface area contributed by atoms with Crippen LogP contribution in [0.5, 0.6) is 0 Å². The van der Waals surface area contributed by atoms with Crippen LogP contribution < -0.4 is 0 Å². The summed E-state index contributed by atoms with van der Waals surface area (Å²) in [6, 6.07) is 5.72. The number of aldehydes is 1. The van der Waals surface area contributed by atoms with Gasteiger partial charge in [0, 0.05) is 22.7 Å². The van der Waals surface area contributed by atoms with E-state index in [1.165, 1.54) is 5.56 Å². The first-order valence-electron chi connectivity index (χ1n) is 3.85. The van der Waals surface area contributed by atoms with Crippen LogP contribution in [0.25, 0.3) is 10.9 Å². The topological polar surface area (TPSA) is 32.9 Å². The van der Waals surface area contributed by atoms with Crippen molar-refractivity contribution in [3.05, 3.63) is 35.5 Å². The molecule has 0 spiro atoms. The fourth-order valence-electron chi connectivity index (χ4n) is 1.43. The maximum Gasteiger partial charge on any atom is 0.150 e. The molecule has 1 aromatic heterocycles. The van der Waals surface area contributed by atoms with Crippen molar-refractivity contribution in [2.75, 3.05) is 0 Å². The van der Waals surface area contributed by atoms with E-state index in [1.807, 2.05) is 31.3 Å². The van der Waals surface area contributed by atoms with Crippen LogP contribution in [0.4, 0.5) is 0 Å². The molecule has 0 saturated carbocycles. The summed E-state index contributed by atoms with van der Waals surface area (Å²) >= 11 is 0. The number of rotatable bonds is 1. The lowest BCUT2D eigenvalue weighted by atomic mass is 10.1. The van der Waals surface area contributed by atoms with Gasteiger partial charge in [-0.3, -0.25) is 4.79 Å². The molecule has 2 heteroatoms. The first-order chi connectivity index (χ1) is 5.83. The number of hydrogen-bond donors (Lipinski definition) is 1. The fraction of sp³-hybridized carbons (Fsp3) is 0.100. The Kier molecular flexibility index (Phi) is 1.47. The van der Waals surface area contributed by atoms with Crippen molar-refractivity contribution < 1.29 is 4.79 Å². The van der Waals surface area contributed by atoms with Crippen LogP contribution >= 0.6 is 0 Å². The standard InChI is InChI=1S/C10H9NO/c1-7-2-3-8(6-12)9-4-5-11-10(7)9/h2-6,11H,1H3. The molecule has 0 unspecified atom stereocenters. The Hall–Kier alpha value is -1.57. The zero-order valence-electron chi connectivity index (χ0n) is 6.79. The van der Waals surface area contributed by atoms with Gasteiger partial charge in [-0.05, 0) is 18.6 Å². The van der Waals surface area contributed by atoms with Crippen LogP contribution in [0.2, 0.25) is 0 Å². The average Bonchev–Trinajstić information content (AvgIpc) is 2.54. The van der Waals surface area contributed by atoms with Gasteiger partial charge in [-0.1, -0.05) is 12.1 Å². The molecule has 0 fully saturated rings. The Morgan fingerprint density at radius 2 is 2.17 bits per heavy atom. The lowest BCUT2D eigenvalue weighted by Gasteiger charge is -1.97. The van der Waals surface area contributed by atoms with Crippen molar-refractivity contribution >= 4 is 17.2 Å². The average molecular weight is 159 g/mol. The van der Waals surface area contributed by atoms with Crippen LogP contribution in [0.3, 0.4) is 0 Å². The molecule has 1 aromatic carbocycles. The molecule has 0 saturated heterocycles. The van der Waals surface area contributed by atoms with Crippen molar-refractivity contribution in [1.82, 2.24) is 4.98 Å². The molecule has 12 heavy (non-hydrogen) atoms. The van der Waals surface area contributed by atoms with E-state index in [0.29, 0.717) is 0 Å². The molecule has 0 atom stereocenters. The van der Waals surface area contributed by atoms with Crippen molar-refractivity contribution in [2.24, 2.45) is 0 Å². The number of carbonyl (C=O) groups is 1. The summed E-state index contributed by atoms with van der Waals surface area (Å²) in [5.41, 5.74) is 2.97. The molecular weight excluding hydrogens is 150 g/mol. The number of carbonyl (C=O) groups excluding carboxylic acids is 1. The van der Waals surface area contributed by atoms with Gasteiger partial charge in [0.2, 0.25) is 0 Å². The molecule has 2 rings (SSSR count). The second kappa shape index (κ2) is 2.48.